The number of oxime groups is 1. The lowest BCUT2D eigenvalue weighted by molar-refractivity contribution is 0.318. The zero-order valence-electron chi connectivity index (χ0n) is 10.3. The molecule has 0 bridgehead atoms. The fourth-order valence-electron chi connectivity index (χ4n) is 1.47. The van der Waals surface area contributed by atoms with Crippen molar-refractivity contribution < 1.29 is 9.94 Å². The monoisotopic (exact) mass is 275 g/mol. The van der Waals surface area contributed by atoms with Gasteiger partial charge in [0.05, 0.1) is 7.11 Å². The summed E-state index contributed by atoms with van der Waals surface area (Å²) in [6.45, 7) is 0. The van der Waals surface area contributed by atoms with Crippen molar-refractivity contribution in [2.45, 2.75) is 9.92 Å². The van der Waals surface area contributed by atoms with Gasteiger partial charge >= 0.3 is 0 Å². The van der Waals surface area contributed by atoms with Crippen LogP contribution in [0.15, 0.2) is 57.7 Å². The highest BCUT2D eigenvalue weighted by molar-refractivity contribution is 7.99. The molecule has 5 nitrogen and oxygen atoms in total. The van der Waals surface area contributed by atoms with Crippen LogP contribution in [0.2, 0.25) is 0 Å². The van der Waals surface area contributed by atoms with Crippen LogP contribution in [0.3, 0.4) is 0 Å². The third-order valence-electron chi connectivity index (χ3n) is 2.40. The van der Waals surface area contributed by atoms with Gasteiger partial charge in [-0.15, -0.1) is 0 Å². The standard InChI is InChI=1S/C13H13N3O2S/c1-18-10-3-2-4-11(8-10)19-12-7-9(5-6-15-12)13(14)16-17/h2-8,17H,1H3,(H2,14,16). The molecule has 0 saturated carbocycles. The van der Waals surface area contributed by atoms with E-state index in [1.807, 2.05) is 24.3 Å². The zero-order valence-corrected chi connectivity index (χ0v) is 11.1. The summed E-state index contributed by atoms with van der Waals surface area (Å²) < 4.78 is 5.17. The minimum absolute atomic E-state index is 0.0647. The van der Waals surface area contributed by atoms with Gasteiger partial charge in [0.25, 0.3) is 0 Å². The topological polar surface area (TPSA) is 80.7 Å². The SMILES string of the molecule is COc1cccc(Sc2cc(/C(N)=N/O)ccn2)c1. The Morgan fingerprint density at radius 1 is 1.37 bits per heavy atom. The quantitative estimate of drug-likeness (QED) is 0.387. The molecule has 0 radical (unpaired) electrons. The molecule has 0 unspecified atom stereocenters. The average Bonchev–Trinajstić information content (AvgIpc) is 2.47. The third kappa shape index (κ3) is 3.38. The van der Waals surface area contributed by atoms with Crippen LogP contribution in [0, 0.1) is 0 Å². The largest absolute Gasteiger partial charge is 0.497 e. The molecular weight excluding hydrogens is 262 g/mol. The molecule has 2 rings (SSSR count). The van der Waals surface area contributed by atoms with Crippen LogP contribution in [-0.4, -0.2) is 23.1 Å². The van der Waals surface area contributed by atoms with E-state index in [0.717, 1.165) is 15.7 Å². The van der Waals surface area contributed by atoms with E-state index in [4.69, 9.17) is 15.7 Å². The second-order valence-electron chi connectivity index (χ2n) is 3.65. The summed E-state index contributed by atoms with van der Waals surface area (Å²) >= 11 is 1.48. The van der Waals surface area contributed by atoms with Crippen molar-refractivity contribution in [3.8, 4) is 5.75 Å². The lowest BCUT2D eigenvalue weighted by Gasteiger charge is -2.05. The Hall–Kier alpha value is -2.21. The van der Waals surface area contributed by atoms with Gasteiger partial charge in [-0.2, -0.15) is 0 Å². The highest BCUT2D eigenvalue weighted by Crippen LogP contribution is 2.28. The highest BCUT2D eigenvalue weighted by atomic mass is 32.2. The molecule has 0 aliphatic heterocycles. The molecule has 0 aliphatic carbocycles. The smallest absolute Gasteiger partial charge is 0.170 e. The summed E-state index contributed by atoms with van der Waals surface area (Å²) in [4.78, 5) is 5.24. The molecule has 1 aromatic carbocycles. The molecule has 98 valence electrons. The van der Waals surface area contributed by atoms with Crippen molar-refractivity contribution in [2.24, 2.45) is 10.9 Å². The van der Waals surface area contributed by atoms with Crippen molar-refractivity contribution >= 4 is 17.6 Å². The second kappa shape index (κ2) is 6.10. The van der Waals surface area contributed by atoms with Crippen molar-refractivity contribution in [3.63, 3.8) is 0 Å². The first-order chi connectivity index (χ1) is 9.22. The molecule has 0 saturated heterocycles. The van der Waals surface area contributed by atoms with Crippen molar-refractivity contribution in [1.29, 1.82) is 0 Å². The van der Waals surface area contributed by atoms with Crippen LogP contribution in [0.4, 0.5) is 0 Å². The third-order valence-corrected chi connectivity index (χ3v) is 3.32. The van der Waals surface area contributed by atoms with Crippen molar-refractivity contribution in [1.82, 2.24) is 4.98 Å². The first-order valence-corrected chi connectivity index (χ1v) is 6.30. The van der Waals surface area contributed by atoms with Crippen LogP contribution in [0.1, 0.15) is 5.56 Å². The molecule has 0 fully saturated rings. The number of rotatable bonds is 4. The Kier molecular flexibility index (Phi) is 4.25. The van der Waals surface area contributed by atoms with E-state index >= 15 is 0 Å². The number of hydrogen-bond donors (Lipinski definition) is 2. The van der Waals surface area contributed by atoms with Crippen molar-refractivity contribution in [3.05, 3.63) is 48.2 Å². The Bertz CT molecular complexity index is 602. The maximum Gasteiger partial charge on any atom is 0.170 e. The summed E-state index contributed by atoms with van der Waals surface area (Å²) in [7, 11) is 1.63. The van der Waals surface area contributed by atoms with Gasteiger partial charge in [-0.3, -0.25) is 0 Å². The molecule has 1 aromatic heterocycles. The fourth-order valence-corrected chi connectivity index (χ4v) is 2.33. The number of amidine groups is 1. The molecule has 3 N–H and O–H groups in total. The Morgan fingerprint density at radius 3 is 2.95 bits per heavy atom. The maximum absolute atomic E-state index is 8.66. The van der Waals surface area contributed by atoms with Crippen LogP contribution in [-0.2, 0) is 0 Å². The first-order valence-electron chi connectivity index (χ1n) is 5.49. The van der Waals surface area contributed by atoms with Gasteiger partial charge in [-0.1, -0.05) is 23.0 Å². The molecule has 1 heterocycles. The number of ether oxygens (including phenoxy) is 1. The van der Waals surface area contributed by atoms with Gasteiger partial charge in [0, 0.05) is 16.7 Å². The number of benzene rings is 1. The number of aromatic nitrogens is 1. The second-order valence-corrected chi connectivity index (χ2v) is 4.74. The van der Waals surface area contributed by atoms with Crippen LogP contribution >= 0.6 is 11.8 Å². The van der Waals surface area contributed by atoms with E-state index in [1.165, 1.54) is 11.8 Å². The van der Waals surface area contributed by atoms with E-state index in [9.17, 15) is 0 Å². The summed E-state index contributed by atoms with van der Waals surface area (Å²) in [6.07, 6.45) is 1.62. The minimum Gasteiger partial charge on any atom is -0.497 e. The van der Waals surface area contributed by atoms with Crippen LogP contribution in [0.5, 0.6) is 5.75 Å². The van der Waals surface area contributed by atoms with Gasteiger partial charge < -0.3 is 15.7 Å². The number of nitrogens with zero attached hydrogens (tertiary/aromatic N) is 2. The van der Waals surface area contributed by atoms with E-state index in [0.29, 0.717) is 5.56 Å². The first kappa shape index (κ1) is 13.2. The lowest BCUT2D eigenvalue weighted by atomic mass is 10.2. The van der Waals surface area contributed by atoms with E-state index in [2.05, 4.69) is 10.1 Å². The number of methoxy groups -OCH3 is 1. The summed E-state index contributed by atoms with van der Waals surface area (Å²) in [5.74, 6) is 0.854. The number of pyridine rings is 1. The number of hydrogen-bond acceptors (Lipinski definition) is 5. The normalized spacial score (nSPS) is 11.3. The lowest BCUT2D eigenvalue weighted by Crippen LogP contribution is -2.13. The molecule has 0 amide bonds. The predicted octanol–water partition coefficient (Wildman–Crippen LogP) is 2.34. The van der Waals surface area contributed by atoms with E-state index in [1.54, 1.807) is 25.4 Å². The maximum atomic E-state index is 8.66. The molecule has 2 aromatic rings. The molecule has 6 heteroatoms. The Balaban J connectivity index is 2.23. The molecule has 0 spiro atoms. The van der Waals surface area contributed by atoms with Gasteiger partial charge in [-0.05, 0) is 30.3 Å². The van der Waals surface area contributed by atoms with Crippen molar-refractivity contribution in [2.75, 3.05) is 7.11 Å². The molecular formula is C13H13N3O2S. The van der Waals surface area contributed by atoms with E-state index in [-0.39, 0.29) is 5.84 Å². The Labute approximate surface area is 115 Å². The van der Waals surface area contributed by atoms with Crippen LogP contribution < -0.4 is 10.5 Å². The highest BCUT2D eigenvalue weighted by Gasteiger charge is 2.04. The average molecular weight is 275 g/mol. The minimum atomic E-state index is 0.0647. The van der Waals surface area contributed by atoms with Gasteiger partial charge in [0.2, 0.25) is 0 Å². The van der Waals surface area contributed by atoms with E-state index < -0.39 is 0 Å². The number of nitrogens with two attached hydrogens (primary N) is 1. The summed E-state index contributed by atoms with van der Waals surface area (Å²) in [6, 6.07) is 11.1. The van der Waals surface area contributed by atoms with Gasteiger partial charge in [0.1, 0.15) is 10.8 Å². The summed E-state index contributed by atoms with van der Waals surface area (Å²) in [5, 5.41) is 12.4. The molecule has 0 atom stereocenters. The zero-order chi connectivity index (χ0) is 13.7. The molecule has 0 aliphatic rings. The fraction of sp³-hybridized carbons (Fsp3) is 0.0769. The summed E-state index contributed by atoms with van der Waals surface area (Å²) in [5.41, 5.74) is 6.17. The van der Waals surface area contributed by atoms with Gasteiger partial charge in [-0.25, -0.2) is 4.98 Å². The van der Waals surface area contributed by atoms with Gasteiger partial charge in [0.15, 0.2) is 5.84 Å². The van der Waals surface area contributed by atoms with Crippen LogP contribution in [0.25, 0.3) is 0 Å². The Morgan fingerprint density at radius 2 is 2.21 bits per heavy atom. The predicted molar refractivity (Wildman–Crippen MR) is 73.9 cm³/mol. The molecule has 19 heavy (non-hydrogen) atoms.